The minimum Gasteiger partial charge on any atom is -0.479 e. The van der Waals surface area contributed by atoms with E-state index in [0.717, 1.165) is 10.7 Å². The maximum Gasteiger partial charge on any atom is 0.416 e. The van der Waals surface area contributed by atoms with E-state index in [0.29, 0.717) is 11.9 Å². The molecule has 2 aromatic heterocycles. The Labute approximate surface area is 154 Å². The fraction of sp³-hybridized carbons (Fsp3) is 0.176. The van der Waals surface area contributed by atoms with E-state index in [1.165, 1.54) is 18.5 Å². The van der Waals surface area contributed by atoms with Gasteiger partial charge in [-0.3, -0.25) is 9.48 Å². The van der Waals surface area contributed by atoms with Crippen LogP contribution in [-0.4, -0.2) is 30.8 Å². The number of halogens is 4. The zero-order valence-electron chi connectivity index (χ0n) is 14.2. The van der Waals surface area contributed by atoms with Gasteiger partial charge in [-0.1, -0.05) is 6.07 Å². The molecule has 0 radical (unpaired) electrons. The molecule has 2 heterocycles. The number of H-pyrrole nitrogens is 1. The molecule has 146 valence electrons. The molecule has 0 aliphatic carbocycles. The second-order valence-electron chi connectivity index (χ2n) is 5.90. The predicted octanol–water partition coefficient (Wildman–Crippen LogP) is 2.77. The van der Waals surface area contributed by atoms with E-state index in [1.807, 2.05) is 0 Å². The molecule has 11 heteroatoms. The highest BCUT2D eigenvalue weighted by Crippen LogP contribution is 2.32. The van der Waals surface area contributed by atoms with E-state index in [2.05, 4.69) is 15.1 Å². The van der Waals surface area contributed by atoms with Gasteiger partial charge in [0.05, 0.1) is 17.5 Å². The molecule has 0 fully saturated rings. The lowest BCUT2D eigenvalue weighted by Crippen LogP contribution is -2.22. The lowest BCUT2D eigenvalue weighted by atomic mass is 10.0. The van der Waals surface area contributed by atoms with Crippen molar-refractivity contribution in [3.63, 3.8) is 0 Å². The van der Waals surface area contributed by atoms with Crippen molar-refractivity contribution >= 4 is 5.97 Å². The van der Waals surface area contributed by atoms with Crippen molar-refractivity contribution in [2.24, 2.45) is 0 Å². The largest absolute Gasteiger partial charge is 0.479 e. The summed E-state index contributed by atoms with van der Waals surface area (Å²) in [5.41, 5.74) is -1.66. The van der Waals surface area contributed by atoms with Crippen molar-refractivity contribution in [2.75, 3.05) is 0 Å². The van der Waals surface area contributed by atoms with Crippen LogP contribution in [0.3, 0.4) is 0 Å². The van der Waals surface area contributed by atoms with Gasteiger partial charge in [0.15, 0.2) is 6.04 Å². The maximum absolute atomic E-state index is 14.2. The lowest BCUT2D eigenvalue weighted by Gasteiger charge is -2.15. The summed E-state index contributed by atoms with van der Waals surface area (Å²) in [6, 6.07) is 1.05. The lowest BCUT2D eigenvalue weighted by molar-refractivity contribution is -0.139. The molecule has 1 atom stereocenters. The Kier molecular flexibility index (Phi) is 4.75. The molecule has 0 bridgehead atoms. The van der Waals surface area contributed by atoms with Gasteiger partial charge in [-0.15, -0.1) is 0 Å². The SMILES string of the molecule is Cc1nc(-c2cnn(C(C(=O)O)c3ccc(C(F)(F)F)cc3F)c2)cc(=O)[nH]1. The van der Waals surface area contributed by atoms with Crippen molar-refractivity contribution in [1.82, 2.24) is 19.7 Å². The van der Waals surface area contributed by atoms with Crippen molar-refractivity contribution in [1.29, 1.82) is 0 Å². The number of aliphatic carboxylic acids is 1. The van der Waals surface area contributed by atoms with Crippen LogP contribution in [0.5, 0.6) is 0 Å². The summed E-state index contributed by atoms with van der Waals surface area (Å²) in [6.07, 6.45) is -2.32. The third kappa shape index (κ3) is 3.77. The summed E-state index contributed by atoms with van der Waals surface area (Å²) in [7, 11) is 0. The number of hydrogen-bond donors (Lipinski definition) is 2. The number of carboxylic acid groups (broad SMARTS) is 1. The number of alkyl halides is 3. The molecule has 0 amide bonds. The Balaban J connectivity index is 2.04. The predicted molar refractivity (Wildman–Crippen MR) is 88.0 cm³/mol. The normalized spacial score (nSPS) is 12.8. The molecular weight excluding hydrogens is 384 g/mol. The standard InChI is InChI=1S/C17H12F4N4O3/c1-8-23-13(5-14(26)24-8)9-6-22-25(7-9)15(16(27)28)11-3-2-10(4-12(11)18)17(19,20)21/h2-7,15H,1H3,(H,27,28)(H,23,24,26). The van der Waals surface area contributed by atoms with Gasteiger partial charge < -0.3 is 10.1 Å². The molecular formula is C17H12F4N4O3. The number of nitrogens with one attached hydrogen (secondary N) is 1. The number of benzene rings is 1. The van der Waals surface area contributed by atoms with Crippen molar-refractivity contribution in [3.8, 4) is 11.3 Å². The third-order valence-electron chi connectivity index (χ3n) is 3.88. The Bertz CT molecular complexity index is 1100. The summed E-state index contributed by atoms with van der Waals surface area (Å²) in [6.45, 7) is 1.55. The van der Waals surface area contributed by atoms with Crippen molar-refractivity contribution in [2.45, 2.75) is 19.1 Å². The molecule has 0 saturated carbocycles. The van der Waals surface area contributed by atoms with Crippen LogP contribution in [-0.2, 0) is 11.0 Å². The van der Waals surface area contributed by atoms with Crippen molar-refractivity contribution in [3.05, 3.63) is 69.8 Å². The molecule has 3 rings (SSSR count). The van der Waals surface area contributed by atoms with Gasteiger partial charge in [0, 0.05) is 23.4 Å². The number of rotatable bonds is 4. The van der Waals surface area contributed by atoms with Gasteiger partial charge in [0.25, 0.3) is 5.56 Å². The average Bonchev–Trinajstić information content (AvgIpc) is 3.04. The fourth-order valence-corrected chi connectivity index (χ4v) is 2.65. The molecule has 3 aromatic rings. The number of aromatic nitrogens is 4. The first-order valence-electron chi connectivity index (χ1n) is 7.78. The highest BCUT2D eigenvalue weighted by Gasteiger charge is 2.33. The van der Waals surface area contributed by atoms with Gasteiger partial charge in [-0.25, -0.2) is 14.2 Å². The van der Waals surface area contributed by atoms with E-state index in [1.54, 1.807) is 6.92 Å². The summed E-state index contributed by atoms with van der Waals surface area (Å²) in [5, 5.41) is 13.3. The number of carboxylic acids is 1. The summed E-state index contributed by atoms with van der Waals surface area (Å²) in [5.74, 6) is -2.54. The average molecular weight is 396 g/mol. The molecule has 28 heavy (non-hydrogen) atoms. The zero-order chi connectivity index (χ0) is 20.6. The molecule has 0 aliphatic heterocycles. The third-order valence-corrected chi connectivity index (χ3v) is 3.88. The Morgan fingerprint density at radius 2 is 2.00 bits per heavy atom. The minimum absolute atomic E-state index is 0.213. The van der Waals surface area contributed by atoms with Crippen LogP contribution in [0.15, 0.2) is 41.5 Å². The van der Waals surface area contributed by atoms with E-state index in [-0.39, 0.29) is 17.3 Å². The van der Waals surface area contributed by atoms with Gasteiger partial charge >= 0.3 is 12.1 Å². The molecule has 0 saturated heterocycles. The fourth-order valence-electron chi connectivity index (χ4n) is 2.65. The first-order chi connectivity index (χ1) is 13.1. The monoisotopic (exact) mass is 396 g/mol. The number of carbonyl (C=O) groups is 1. The quantitative estimate of drug-likeness (QED) is 0.661. The molecule has 1 unspecified atom stereocenters. The van der Waals surface area contributed by atoms with Crippen LogP contribution < -0.4 is 5.56 Å². The molecule has 0 spiro atoms. The van der Waals surface area contributed by atoms with Gasteiger partial charge in [-0.2, -0.15) is 18.3 Å². The molecule has 7 nitrogen and oxygen atoms in total. The van der Waals surface area contributed by atoms with Gasteiger partial charge in [0.2, 0.25) is 0 Å². The van der Waals surface area contributed by atoms with E-state index in [9.17, 15) is 32.3 Å². The maximum atomic E-state index is 14.2. The van der Waals surface area contributed by atoms with Crippen LogP contribution in [0, 0.1) is 12.7 Å². The number of nitrogens with zero attached hydrogens (tertiary/aromatic N) is 3. The van der Waals surface area contributed by atoms with Crippen molar-refractivity contribution < 1.29 is 27.5 Å². The molecule has 1 aromatic carbocycles. The van der Waals surface area contributed by atoms with Crippen LogP contribution in [0.1, 0.15) is 23.0 Å². The van der Waals surface area contributed by atoms with Crippen LogP contribution in [0.25, 0.3) is 11.3 Å². The summed E-state index contributed by atoms with van der Waals surface area (Å²) in [4.78, 5) is 29.8. The highest BCUT2D eigenvalue weighted by molar-refractivity contribution is 5.76. The number of aryl methyl sites for hydroxylation is 1. The van der Waals surface area contributed by atoms with Crippen LogP contribution in [0.2, 0.25) is 0 Å². The molecule has 0 aliphatic rings. The summed E-state index contributed by atoms with van der Waals surface area (Å²) < 4.78 is 53.2. The number of hydrogen-bond acceptors (Lipinski definition) is 4. The first-order valence-corrected chi connectivity index (χ1v) is 7.78. The Morgan fingerprint density at radius 3 is 2.57 bits per heavy atom. The van der Waals surface area contributed by atoms with E-state index < -0.39 is 40.7 Å². The number of aromatic amines is 1. The zero-order valence-corrected chi connectivity index (χ0v) is 14.2. The van der Waals surface area contributed by atoms with E-state index in [4.69, 9.17) is 0 Å². The van der Waals surface area contributed by atoms with Crippen LogP contribution >= 0.6 is 0 Å². The summed E-state index contributed by atoms with van der Waals surface area (Å²) >= 11 is 0. The topological polar surface area (TPSA) is 101 Å². The first kappa shape index (κ1) is 19.3. The molecule has 2 N–H and O–H groups in total. The van der Waals surface area contributed by atoms with E-state index >= 15 is 0 Å². The second-order valence-corrected chi connectivity index (χ2v) is 5.90. The highest BCUT2D eigenvalue weighted by atomic mass is 19.4. The van der Waals surface area contributed by atoms with Gasteiger partial charge in [-0.05, 0) is 19.1 Å². The second kappa shape index (κ2) is 6.91. The Morgan fingerprint density at radius 1 is 1.29 bits per heavy atom. The Hall–Kier alpha value is -3.50. The smallest absolute Gasteiger partial charge is 0.416 e. The van der Waals surface area contributed by atoms with Crippen LogP contribution in [0.4, 0.5) is 17.6 Å². The van der Waals surface area contributed by atoms with Gasteiger partial charge in [0.1, 0.15) is 11.6 Å². The minimum atomic E-state index is -4.76.